The molecular weight excluding hydrogens is 472 g/mol. The molecule has 180 valence electrons. The average Bonchev–Trinajstić information content (AvgIpc) is 3.30. The minimum absolute atomic E-state index is 0.0170. The lowest BCUT2D eigenvalue weighted by Crippen LogP contribution is -2.27. The summed E-state index contributed by atoms with van der Waals surface area (Å²) in [5.74, 6) is 0.450. The quantitative estimate of drug-likeness (QED) is 0.484. The number of benzene rings is 3. The van der Waals surface area contributed by atoms with Crippen molar-refractivity contribution >= 4 is 39.0 Å². The number of fused-ring (bicyclic) bond motifs is 1. The summed E-state index contributed by atoms with van der Waals surface area (Å²) in [5, 5.41) is 5.52. The number of hydrogen-bond donors (Lipinski definition) is 3. The Morgan fingerprint density at radius 3 is 2.43 bits per heavy atom. The van der Waals surface area contributed by atoms with Crippen molar-refractivity contribution in [3.8, 4) is 11.5 Å². The van der Waals surface area contributed by atoms with E-state index in [-0.39, 0.29) is 22.2 Å². The second-order valence-electron chi connectivity index (χ2n) is 7.88. The SMILES string of the molecule is O=C(Nc1ccc(N2CCNC2=O)cc1)c1cccc(NS(=O)(=O)c2ccc3c(c2)OCCO3)c1. The number of carbonyl (C=O) groups is 2. The van der Waals surface area contributed by atoms with Crippen molar-refractivity contribution in [2.24, 2.45) is 0 Å². The molecular formula is C24H22N4O6S. The first kappa shape index (κ1) is 22.5. The van der Waals surface area contributed by atoms with Crippen LogP contribution in [0.2, 0.25) is 0 Å². The van der Waals surface area contributed by atoms with Gasteiger partial charge in [0.05, 0.1) is 4.90 Å². The van der Waals surface area contributed by atoms with Crippen LogP contribution in [-0.2, 0) is 10.0 Å². The van der Waals surface area contributed by atoms with Crippen molar-refractivity contribution in [1.82, 2.24) is 5.32 Å². The number of carbonyl (C=O) groups excluding carboxylic acids is 2. The van der Waals surface area contributed by atoms with Crippen molar-refractivity contribution < 1.29 is 27.5 Å². The Kier molecular flexibility index (Phi) is 5.91. The van der Waals surface area contributed by atoms with Gasteiger partial charge in [0.25, 0.3) is 15.9 Å². The molecule has 1 fully saturated rings. The Bertz CT molecular complexity index is 1390. The number of amides is 3. The van der Waals surface area contributed by atoms with Crippen LogP contribution >= 0.6 is 0 Å². The van der Waals surface area contributed by atoms with Crippen molar-refractivity contribution in [1.29, 1.82) is 0 Å². The molecule has 0 unspecified atom stereocenters. The molecule has 0 spiro atoms. The lowest BCUT2D eigenvalue weighted by molar-refractivity contribution is 0.102. The number of nitrogens with zero attached hydrogens (tertiary/aromatic N) is 1. The fraction of sp³-hybridized carbons (Fsp3) is 0.167. The molecule has 2 aliphatic rings. The third kappa shape index (κ3) is 4.85. The van der Waals surface area contributed by atoms with Gasteiger partial charge in [-0.25, -0.2) is 13.2 Å². The zero-order valence-electron chi connectivity index (χ0n) is 18.5. The highest BCUT2D eigenvalue weighted by atomic mass is 32.2. The van der Waals surface area contributed by atoms with Crippen LogP contribution in [0, 0.1) is 0 Å². The van der Waals surface area contributed by atoms with Crippen LogP contribution in [0.1, 0.15) is 10.4 Å². The first-order chi connectivity index (χ1) is 16.9. The van der Waals surface area contributed by atoms with Gasteiger partial charge in [-0.15, -0.1) is 0 Å². The largest absolute Gasteiger partial charge is 0.486 e. The zero-order valence-corrected chi connectivity index (χ0v) is 19.3. The first-order valence-corrected chi connectivity index (χ1v) is 12.4. The number of nitrogens with one attached hydrogen (secondary N) is 3. The predicted molar refractivity (Wildman–Crippen MR) is 130 cm³/mol. The molecule has 3 aromatic rings. The van der Waals surface area contributed by atoms with Gasteiger partial charge in [-0.1, -0.05) is 6.07 Å². The highest BCUT2D eigenvalue weighted by Crippen LogP contribution is 2.32. The van der Waals surface area contributed by atoms with Crippen LogP contribution in [-0.4, -0.2) is 46.7 Å². The molecule has 11 heteroatoms. The second kappa shape index (κ2) is 9.18. The van der Waals surface area contributed by atoms with Gasteiger partial charge < -0.3 is 20.1 Å². The maximum Gasteiger partial charge on any atom is 0.321 e. The van der Waals surface area contributed by atoms with E-state index >= 15 is 0 Å². The van der Waals surface area contributed by atoms with Crippen LogP contribution in [0.5, 0.6) is 11.5 Å². The van der Waals surface area contributed by atoms with Gasteiger partial charge in [-0.2, -0.15) is 0 Å². The molecule has 0 saturated carbocycles. The van der Waals surface area contributed by atoms with E-state index in [0.717, 1.165) is 5.69 Å². The molecule has 5 rings (SSSR count). The highest BCUT2D eigenvalue weighted by Gasteiger charge is 2.22. The minimum Gasteiger partial charge on any atom is -0.486 e. The summed E-state index contributed by atoms with van der Waals surface area (Å²) in [4.78, 5) is 26.2. The molecule has 3 aromatic carbocycles. The molecule has 0 bridgehead atoms. The zero-order chi connectivity index (χ0) is 24.4. The predicted octanol–water partition coefficient (Wildman–Crippen LogP) is 3.04. The summed E-state index contributed by atoms with van der Waals surface area (Å²) in [6.07, 6.45) is 0. The number of hydrogen-bond acceptors (Lipinski definition) is 6. The molecule has 0 atom stereocenters. The standard InChI is InChI=1S/C24H22N4O6S/c29-23(26-17-4-6-19(7-5-17)28-11-10-25-24(28)30)16-2-1-3-18(14-16)27-35(31,32)20-8-9-21-22(15-20)34-13-12-33-21/h1-9,14-15,27H,10-13H2,(H,25,30)(H,26,29). The van der Waals surface area contributed by atoms with Crippen molar-refractivity contribution in [3.05, 3.63) is 72.3 Å². The average molecular weight is 495 g/mol. The van der Waals surface area contributed by atoms with Gasteiger partial charge in [0.1, 0.15) is 13.2 Å². The van der Waals surface area contributed by atoms with Gasteiger partial charge in [0, 0.05) is 41.8 Å². The van der Waals surface area contributed by atoms with Crippen LogP contribution in [0.4, 0.5) is 21.9 Å². The third-order valence-corrected chi connectivity index (χ3v) is 6.87. The number of sulfonamides is 1. The molecule has 10 nitrogen and oxygen atoms in total. The molecule has 0 aliphatic carbocycles. The fourth-order valence-corrected chi connectivity index (χ4v) is 4.84. The van der Waals surface area contributed by atoms with Gasteiger partial charge >= 0.3 is 6.03 Å². The minimum atomic E-state index is -3.92. The fourth-order valence-electron chi connectivity index (χ4n) is 3.77. The molecule has 2 heterocycles. The Morgan fingerprint density at radius 2 is 1.69 bits per heavy atom. The number of rotatable bonds is 6. The van der Waals surface area contributed by atoms with E-state index in [1.807, 2.05) is 0 Å². The molecule has 3 amide bonds. The summed E-state index contributed by atoms with van der Waals surface area (Å²) in [7, 11) is -3.92. The normalized spacial score (nSPS) is 14.9. The van der Waals surface area contributed by atoms with Crippen LogP contribution < -0.4 is 29.7 Å². The van der Waals surface area contributed by atoms with Gasteiger partial charge in [-0.05, 0) is 54.6 Å². The maximum atomic E-state index is 12.9. The Morgan fingerprint density at radius 1 is 0.914 bits per heavy atom. The van der Waals surface area contributed by atoms with E-state index < -0.39 is 15.9 Å². The van der Waals surface area contributed by atoms with E-state index in [1.54, 1.807) is 53.4 Å². The molecule has 0 aromatic heterocycles. The summed E-state index contributed by atoms with van der Waals surface area (Å²) in [6.45, 7) is 1.93. The lowest BCUT2D eigenvalue weighted by atomic mass is 10.2. The topological polar surface area (TPSA) is 126 Å². The van der Waals surface area contributed by atoms with Crippen LogP contribution in [0.3, 0.4) is 0 Å². The number of anilines is 3. The van der Waals surface area contributed by atoms with E-state index in [9.17, 15) is 18.0 Å². The van der Waals surface area contributed by atoms with E-state index in [4.69, 9.17) is 9.47 Å². The molecule has 3 N–H and O–H groups in total. The molecule has 0 radical (unpaired) electrons. The highest BCUT2D eigenvalue weighted by molar-refractivity contribution is 7.92. The first-order valence-electron chi connectivity index (χ1n) is 10.9. The molecule has 35 heavy (non-hydrogen) atoms. The van der Waals surface area contributed by atoms with Gasteiger partial charge in [0.2, 0.25) is 0 Å². The van der Waals surface area contributed by atoms with Crippen LogP contribution in [0.25, 0.3) is 0 Å². The Balaban J connectivity index is 1.28. The maximum absolute atomic E-state index is 12.9. The smallest absolute Gasteiger partial charge is 0.321 e. The van der Waals surface area contributed by atoms with E-state index in [1.165, 1.54) is 18.2 Å². The van der Waals surface area contributed by atoms with Gasteiger partial charge in [0.15, 0.2) is 11.5 Å². The van der Waals surface area contributed by atoms with E-state index in [2.05, 4.69) is 15.4 Å². The summed E-state index contributed by atoms with van der Waals surface area (Å²) >= 11 is 0. The van der Waals surface area contributed by atoms with Crippen molar-refractivity contribution in [3.63, 3.8) is 0 Å². The molecule has 2 aliphatic heterocycles. The van der Waals surface area contributed by atoms with Crippen molar-refractivity contribution in [2.45, 2.75) is 4.90 Å². The molecule has 1 saturated heterocycles. The Hall–Kier alpha value is -4.25. The third-order valence-electron chi connectivity index (χ3n) is 5.49. The van der Waals surface area contributed by atoms with Crippen LogP contribution in [0.15, 0.2) is 71.6 Å². The summed E-state index contributed by atoms with van der Waals surface area (Å²) in [6, 6.07) is 17.3. The van der Waals surface area contributed by atoms with Crippen molar-refractivity contribution in [2.75, 3.05) is 41.2 Å². The summed E-state index contributed by atoms with van der Waals surface area (Å²) < 4.78 is 39.2. The van der Waals surface area contributed by atoms with E-state index in [0.29, 0.717) is 43.5 Å². The monoisotopic (exact) mass is 494 g/mol. The lowest BCUT2D eigenvalue weighted by Gasteiger charge is -2.19. The second-order valence-corrected chi connectivity index (χ2v) is 9.56. The summed E-state index contributed by atoms with van der Waals surface area (Å²) in [5.41, 5.74) is 1.78. The number of ether oxygens (including phenoxy) is 2. The van der Waals surface area contributed by atoms with Gasteiger partial charge in [-0.3, -0.25) is 14.4 Å². The Labute approximate surface area is 201 Å². The number of urea groups is 1.